The number of carbonyl (C=O) groups excluding carboxylic acids is 1. The Hall–Kier alpha value is -2.44. The van der Waals surface area contributed by atoms with E-state index < -0.39 is 0 Å². The maximum Gasteiger partial charge on any atom is 0.251 e. The van der Waals surface area contributed by atoms with E-state index in [1.807, 2.05) is 42.5 Å². The minimum Gasteiger partial charge on any atom is -0.345 e. The molecule has 0 radical (unpaired) electrons. The molecule has 6 heteroatoms. The van der Waals surface area contributed by atoms with E-state index in [1.165, 1.54) is 0 Å². The van der Waals surface area contributed by atoms with E-state index in [0.29, 0.717) is 18.7 Å². The van der Waals surface area contributed by atoms with E-state index in [1.54, 1.807) is 12.1 Å². The Labute approximate surface area is 179 Å². The highest BCUT2D eigenvalue weighted by molar-refractivity contribution is 9.10. The molecule has 0 bridgehead atoms. The molecule has 0 aliphatic heterocycles. The third-order valence-corrected chi connectivity index (χ3v) is 5.50. The molecule has 0 spiro atoms. The first kappa shape index (κ1) is 18.9. The molecule has 1 heterocycles. The number of aromatic nitrogens is 2. The van der Waals surface area contributed by atoms with Gasteiger partial charge in [0.15, 0.2) is 0 Å². The number of carbonyl (C=O) groups is 1. The van der Waals surface area contributed by atoms with Gasteiger partial charge in [0.05, 0.1) is 17.6 Å². The van der Waals surface area contributed by atoms with Crippen molar-refractivity contribution in [2.75, 3.05) is 0 Å². The summed E-state index contributed by atoms with van der Waals surface area (Å²) in [5, 5.41) is 2.99. The molecule has 0 unspecified atom stereocenters. The molecule has 4 nitrogen and oxygen atoms in total. The Morgan fingerprint density at radius 3 is 2.50 bits per heavy atom. The average molecular weight is 499 g/mol. The van der Waals surface area contributed by atoms with Gasteiger partial charge in [-0.3, -0.25) is 4.79 Å². The second-order valence-electron chi connectivity index (χ2n) is 6.42. The predicted molar refractivity (Wildman–Crippen MR) is 118 cm³/mol. The summed E-state index contributed by atoms with van der Waals surface area (Å²) >= 11 is 6.92. The number of benzene rings is 3. The number of imidazole rings is 1. The molecule has 3 aromatic carbocycles. The summed E-state index contributed by atoms with van der Waals surface area (Å²) in [6.45, 7) is 1.04. The van der Waals surface area contributed by atoms with Crippen LogP contribution in [-0.4, -0.2) is 15.5 Å². The number of hydrogen-bond donors (Lipinski definition) is 1. The summed E-state index contributed by atoms with van der Waals surface area (Å²) in [6.07, 6.45) is 0. The maximum absolute atomic E-state index is 12.5. The molecule has 0 saturated heterocycles. The van der Waals surface area contributed by atoms with Crippen LogP contribution in [0.2, 0.25) is 0 Å². The Balaban J connectivity index is 1.61. The lowest BCUT2D eigenvalue weighted by Crippen LogP contribution is -2.24. The van der Waals surface area contributed by atoms with Gasteiger partial charge in [-0.15, -0.1) is 0 Å². The Morgan fingerprint density at radius 1 is 0.929 bits per heavy atom. The van der Waals surface area contributed by atoms with Gasteiger partial charge in [-0.1, -0.05) is 56.1 Å². The van der Waals surface area contributed by atoms with Crippen LogP contribution in [0, 0.1) is 0 Å². The third-order valence-electron chi connectivity index (χ3n) is 4.48. The zero-order valence-corrected chi connectivity index (χ0v) is 18.1. The average Bonchev–Trinajstić information content (AvgIpc) is 3.04. The molecule has 4 aromatic rings. The fraction of sp³-hybridized carbons (Fsp3) is 0.0909. The van der Waals surface area contributed by atoms with Crippen molar-refractivity contribution in [1.29, 1.82) is 0 Å². The van der Waals surface area contributed by atoms with Gasteiger partial charge in [0.25, 0.3) is 5.91 Å². The highest BCUT2D eigenvalue weighted by atomic mass is 79.9. The van der Waals surface area contributed by atoms with E-state index >= 15 is 0 Å². The van der Waals surface area contributed by atoms with Crippen molar-refractivity contribution < 1.29 is 4.79 Å². The molecule has 4 rings (SSSR count). The summed E-state index contributed by atoms with van der Waals surface area (Å²) in [5.41, 5.74) is 3.76. The standard InChI is InChI=1S/C22H17Br2N3O/c23-17-10-8-16(9-11-17)22(28)25-13-21-26-19-6-1-2-7-20(19)27(21)14-15-4-3-5-18(24)12-15/h1-12H,13-14H2,(H,25,28). The van der Waals surface area contributed by atoms with Gasteiger partial charge in [0.2, 0.25) is 0 Å². The SMILES string of the molecule is O=C(NCc1nc2ccccc2n1Cc1cccc(Br)c1)c1ccc(Br)cc1. The molecule has 0 saturated carbocycles. The maximum atomic E-state index is 12.5. The van der Waals surface area contributed by atoms with Crippen LogP contribution in [0.4, 0.5) is 0 Å². The summed E-state index contributed by atoms with van der Waals surface area (Å²) in [5.74, 6) is 0.709. The predicted octanol–water partition coefficient (Wildman–Crippen LogP) is 5.54. The van der Waals surface area contributed by atoms with Gasteiger partial charge in [-0.2, -0.15) is 0 Å². The van der Waals surface area contributed by atoms with Gasteiger partial charge in [0, 0.05) is 21.1 Å². The highest BCUT2D eigenvalue weighted by Gasteiger charge is 2.13. The number of halogens is 2. The smallest absolute Gasteiger partial charge is 0.251 e. The Kier molecular flexibility index (Phi) is 5.59. The van der Waals surface area contributed by atoms with Gasteiger partial charge >= 0.3 is 0 Å². The molecule has 0 atom stereocenters. The lowest BCUT2D eigenvalue weighted by atomic mass is 10.2. The highest BCUT2D eigenvalue weighted by Crippen LogP contribution is 2.20. The van der Waals surface area contributed by atoms with Crippen LogP contribution in [0.5, 0.6) is 0 Å². The molecule has 0 aliphatic rings. The summed E-state index contributed by atoms with van der Waals surface area (Å²) in [6, 6.07) is 23.6. The van der Waals surface area contributed by atoms with Crippen LogP contribution in [0.3, 0.4) is 0 Å². The molecular formula is C22H17Br2N3O. The molecule has 1 N–H and O–H groups in total. The number of fused-ring (bicyclic) bond motifs is 1. The number of amides is 1. The molecular weight excluding hydrogens is 482 g/mol. The first-order chi connectivity index (χ1) is 13.6. The van der Waals surface area contributed by atoms with Crippen molar-refractivity contribution in [3.05, 3.63) is 98.7 Å². The summed E-state index contributed by atoms with van der Waals surface area (Å²) in [7, 11) is 0. The van der Waals surface area contributed by atoms with Crippen LogP contribution < -0.4 is 5.32 Å². The van der Waals surface area contributed by atoms with Crippen LogP contribution in [0.25, 0.3) is 11.0 Å². The molecule has 1 amide bonds. The van der Waals surface area contributed by atoms with E-state index in [9.17, 15) is 4.79 Å². The van der Waals surface area contributed by atoms with Gasteiger partial charge < -0.3 is 9.88 Å². The zero-order chi connectivity index (χ0) is 19.5. The number of nitrogens with zero attached hydrogens (tertiary/aromatic N) is 2. The van der Waals surface area contributed by atoms with Crippen molar-refractivity contribution in [3.63, 3.8) is 0 Å². The van der Waals surface area contributed by atoms with Crippen molar-refractivity contribution in [3.8, 4) is 0 Å². The molecule has 1 aromatic heterocycles. The molecule has 28 heavy (non-hydrogen) atoms. The monoisotopic (exact) mass is 497 g/mol. The number of para-hydroxylation sites is 2. The molecule has 140 valence electrons. The minimum absolute atomic E-state index is 0.117. The van der Waals surface area contributed by atoms with Crippen molar-refractivity contribution in [2.45, 2.75) is 13.1 Å². The van der Waals surface area contributed by atoms with Crippen LogP contribution in [-0.2, 0) is 13.1 Å². The first-order valence-corrected chi connectivity index (χ1v) is 10.4. The summed E-state index contributed by atoms with van der Waals surface area (Å²) in [4.78, 5) is 17.2. The van der Waals surface area contributed by atoms with E-state index in [0.717, 1.165) is 31.4 Å². The second-order valence-corrected chi connectivity index (χ2v) is 8.25. The lowest BCUT2D eigenvalue weighted by molar-refractivity contribution is 0.0949. The van der Waals surface area contributed by atoms with Crippen LogP contribution >= 0.6 is 31.9 Å². The number of nitrogens with one attached hydrogen (secondary N) is 1. The summed E-state index contributed by atoms with van der Waals surface area (Å²) < 4.78 is 4.14. The van der Waals surface area contributed by atoms with Gasteiger partial charge in [0.1, 0.15) is 5.82 Å². The largest absolute Gasteiger partial charge is 0.345 e. The van der Waals surface area contributed by atoms with Gasteiger partial charge in [-0.05, 0) is 54.1 Å². The van der Waals surface area contributed by atoms with Crippen molar-refractivity contribution in [2.24, 2.45) is 0 Å². The minimum atomic E-state index is -0.117. The van der Waals surface area contributed by atoms with Gasteiger partial charge in [-0.25, -0.2) is 4.98 Å². The van der Waals surface area contributed by atoms with E-state index in [-0.39, 0.29) is 5.91 Å². The first-order valence-electron chi connectivity index (χ1n) is 8.82. The third kappa shape index (κ3) is 4.18. The van der Waals surface area contributed by atoms with E-state index in [2.05, 4.69) is 59.9 Å². The van der Waals surface area contributed by atoms with Crippen LogP contribution in [0.15, 0.2) is 81.7 Å². The van der Waals surface area contributed by atoms with Crippen molar-refractivity contribution >= 4 is 48.8 Å². The normalized spacial score (nSPS) is 10.9. The Bertz CT molecular complexity index is 1140. The topological polar surface area (TPSA) is 46.9 Å². The lowest BCUT2D eigenvalue weighted by Gasteiger charge is -2.11. The molecule has 0 fully saturated rings. The second kappa shape index (κ2) is 8.29. The van der Waals surface area contributed by atoms with Crippen LogP contribution in [0.1, 0.15) is 21.7 Å². The number of rotatable bonds is 5. The fourth-order valence-electron chi connectivity index (χ4n) is 3.12. The zero-order valence-electron chi connectivity index (χ0n) is 14.9. The quantitative estimate of drug-likeness (QED) is 0.392. The van der Waals surface area contributed by atoms with Crippen molar-refractivity contribution in [1.82, 2.24) is 14.9 Å². The number of hydrogen-bond acceptors (Lipinski definition) is 2. The Morgan fingerprint density at radius 2 is 1.71 bits per heavy atom. The van der Waals surface area contributed by atoms with E-state index in [4.69, 9.17) is 4.98 Å². The molecule has 0 aliphatic carbocycles. The fourth-order valence-corrected chi connectivity index (χ4v) is 3.83.